The summed E-state index contributed by atoms with van der Waals surface area (Å²) in [6.07, 6.45) is -0.434. The smallest absolute Gasteiger partial charge is 0.392 e. The number of halogens is 3. The fraction of sp³-hybridized carbons (Fsp3) is 0.676. The van der Waals surface area contributed by atoms with Gasteiger partial charge in [0.2, 0.25) is 11.8 Å². The molecule has 1 aromatic heterocycles. The maximum absolute atomic E-state index is 14.1. The number of hydrogen-bond acceptors (Lipinski definition) is 9. The van der Waals surface area contributed by atoms with Crippen molar-refractivity contribution in [2.24, 2.45) is 0 Å². The van der Waals surface area contributed by atoms with Crippen molar-refractivity contribution in [2.75, 3.05) is 64.7 Å². The van der Waals surface area contributed by atoms with E-state index >= 15 is 0 Å². The lowest BCUT2D eigenvalue weighted by molar-refractivity contribution is -0.139. The zero-order chi connectivity index (χ0) is 34.7. The molecular formula is C34H47F3N6O5S. The molecule has 49 heavy (non-hydrogen) atoms. The van der Waals surface area contributed by atoms with Crippen LogP contribution in [0, 0.1) is 0 Å². The van der Waals surface area contributed by atoms with Crippen LogP contribution in [0.3, 0.4) is 0 Å². The highest BCUT2D eigenvalue weighted by Gasteiger charge is 2.35. The molecule has 6 rings (SSSR count). The van der Waals surface area contributed by atoms with Gasteiger partial charge in [-0.3, -0.25) is 19.2 Å². The van der Waals surface area contributed by atoms with E-state index in [9.17, 15) is 38.1 Å². The molecule has 0 radical (unpaired) electrons. The van der Waals surface area contributed by atoms with Gasteiger partial charge in [0.25, 0.3) is 0 Å². The first-order valence-corrected chi connectivity index (χ1v) is 18.4. The fourth-order valence-corrected chi connectivity index (χ4v) is 8.87. The number of carbonyl (C=O) groups excluding carboxylic acids is 2. The van der Waals surface area contributed by atoms with Crippen LogP contribution in [0.5, 0.6) is 0 Å². The summed E-state index contributed by atoms with van der Waals surface area (Å²) >= 11 is 1.13. The van der Waals surface area contributed by atoms with Crippen molar-refractivity contribution >= 4 is 23.6 Å². The molecule has 3 N–H and O–H groups in total. The van der Waals surface area contributed by atoms with Crippen LogP contribution in [0.15, 0.2) is 23.1 Å². The summed E-state index contributed by atoms with van der Waals surface area (Å²) in [6, 6.07) is 4.27. The molecule has 0 aliphatic carbocycles. The van der Waals surface area contributed by atoms with E-state index in [4.69, 9.17) is 5.10 Å². The summed E-state index contributed by atoms with van der Waals surface area (Å²) in [5, 5.41) is 35.6. The van der Waals surface area contributed by atoms with E-state index in [-0.39, 0.29) is 29.9 Å². The standard InChI is InChI=1S/C34H47F3N6O5S/c35-34(36,37)28-6-5-23(17-30(28)49-16-15-39-10-1-3-25(45)18-39)33-27-21-41(32(48)22-44)14-9-29(27)43(38-33)20-26(46)19-40-12-7-24(8-13-40)42-11-2-4-31(42)47/h5-6,17,24-26,44-46H,1-4,7-16,18-22H2. The fourth-order valence-electron chi connectivity index (χ4n) is 7.75. The number of amides is 2. The molecule has 2 atom stereocenters. The molecule has 0 saturated carbocycles. The molecule has 4 aliphatic rings. The van der Waals surface area contributed by atoms with Crippen LogP contribution >= 0.6 is 11.8 Å². The Balaban J connectivity index is 1.20. The number of aromatic nitrogens is 2. The highest BCUT2D eigenvalue weighted by atomic mass is 32.2. The van der Waals surface area contributed by atoms with Crippen LogP contribution in [0.4, 0.5) is 13.2 Å². The molecule has 2 amide bonds. The quantitative estimate of drug-likeness (QED) is 0.302. The Morgan fingerprint density at radius 3 is 2.51 bits per heavy atom. The van der Waals surface area contributed by atoms with E-state index in [2.05, 4.69) is 9.80 Å². The highest BCUT2D eigenvalue weighted by molar-refractivity contribution is 7.99. The molecule has 0 bridgehead atoms. The Bertz CT molecular complexity index is 1480. The monoisotopic (exact) mass is 708 g/mol. The van der Waals surface area contributed by atoms with Crippen molar-refractivity contribution in [1.82, 2.24) is 29.4 Å². The second-order valence-electron chi connectivity index (χ2n) is 13.7. The summed E-state index contributed by atoms with van der Waals surface area (Å²) in [7, 11) is 0. The number of likely N-dealkylation sites (tertiary alicyclic amines) is 3. The van der Waals surface area contributed by atoms with Crippen LogP contribution in [0.1, 0.15) is 55.3 Å². The van der Waals surface area contributed by atoms with E-state index in [1.165, 1.54) is 17.0 Å². The lowest BCUT2D eigenvalue weighted by atomic mass is 9.99. The maximum atomic E-state index is 14.1. The van der Waals surface area contributed by atoms with Gasteiger partial charge >= 0.3 is 6.18 Å². The number of nitrogens with zero attached hydrogens (tertiary/aromatic N) is 6. The lowest BCUT2D eigenvalue weighted by Gasteiger charge is -2.37. The van der Waals surface area contributed by atoms with Gasteiger partial charge in [-0.05, 0) is 50.8 Å². The Hall–Kier alpha value is -2.69. The lowest BCUT2D eigenvalue weighted by Crippen LogP contribution is -2.47. The average Bonchev–Trinajstić information content (AvgIpc) is 3.67. The van der Waals surface area contributed by atoms with Gasteiger partial charge in [-0.1, -0.05) is 6.07 Å². The van der Waals surface area contributed by atoms with Crippen molar-refractivity contribution in [3.63, 3.8) is 0 Å². The van der Waals surface area contributed by atoms with Crippen molar-refractivity contribution in [3.05, 3.63) is 35.0 Å². The molecule has 11 nitrogen and oxygen atoms in total. The molecule has 2 aromatic rings. The first kappa shape index (κ1) is 36.1. The number of hydrogen-bond donors (Lipinski definition) is 3. The third-order valence-electron chi connectivity index (χ3n) is 10.3. The molecular weight excluding hydrogens is 661 g/mol. The average molecular weight is 709 g/mol. The zero-order valence-electron chi connectivity index (χ0n) is 27.8. The summed E-state index contributed by atoms with van der Waals surface area (Å²) in [6.45, 7) is 4.73. The predicted molar refractivity (Wildman–Crippen MR) is 178 cm³/mol. The van der Waals surface area contributed by atoms with Crippen LogP contribution in [0.2, 0.25) is 0 Å². The number of benzene rings is 1. The number of rotatable bonds is 11. The van der Waals surface area contributed by atoms with Gasteiger partial charge < -0.3 is 30.0 Å². The first-order chi connectivity index (χ1) is 23.5. The zero-order valence-corrected chi connectivity index (χ0v) is 28.6. The molecule has 0 spiro atoms. The SMILES string of the molecule is O=C(CO)N1CCc2c(c(-c3ccc(C(F)(F)F)c(SCCN4CCCC(O)C4)c3)nn2CC(O)CN2CCC(N3CCCC3=O)CC2)C1. The number of aliphatic hydroxyl groups excluding tert-OH is 3. The Labute approximate surface area is 289 Å². The maximum Gasteiger partial charge on any atom is 0.417 e. The van der Waals surface area contributed by atoms with Gasteiger partial charge in [0, 0.05) is 98.7 Å². The molecule has 2 unspecified atom stereocenters. The van der Waals surface area contributed by atoms with E-state index < -0.39 is 36.5 Å². The molecule has 15 heteroatoms. The van der Waals surface area contributed by atoms with Gasteiger partial charge in [0.05, 0.1) is 30.0 Å². The van der Waals surface area contributed by atoms with Crippen LogP contribution in [-0.4, -0.2) is 139 Å². The Morgan fingerprint density at radius 2 is 1.82 bits per heavy atom. The first-order valence-electron chi connectivity index (χ1n) is 17.4. The highest BCUT2D eigenvalue weighted by Crippen LogP contribution is 2.40. The minimum atomic E-state index is -4.55. The van der Waals surface area contributed by atoms with E-state index in [1.807, 2.05) is 4.90 Å². The van der Waals surface area contributed by atoms with Crippen molar-refractivity contribution in [1.29, 1.82) is 0 Å². The van der Waals surface area contributed by atoms with Gasteiger partial charge in [-0.15, -0.1) is 11.8 Å². The van der Waals surface area contributed by atoms with Crippen molar-refractivity contribution in [3.8, 4) is 11.3 Å². The van der Waals surface area contributed by atoms with E-state index in [1.54, 1.807) is 4.68 Å². The third kappa shape index (κ3) is 8.62. The van der Waals surface area contributed by atoms with E-state index in [0.29, 0.717) is 61.6 Å². The summed E-state index contributed by atoms with van der Waals surface area (Å²) in [4.78, 5) is 32.5. The number of fused-ring (bicyclic) bond motifs is 1. The summed E-state index contributed by atoms with van der Waals surface area (Å²) < 4.78 is 44.1. The number of piperidine rings is 2. The Morgan fingerprint density at radius 1 is 1.02 bits per heavy atom. The number of aliphatic hydroxyl groups is 3. The molecule has 3 saturated heterocycles. The molecule has 3 fully saturated rings. The van der Waals surface area contributed by atoms with E-state index in [0.717, 1.165) is 81.8 Å². The number of alkyl halides is 3. The van der Waals surface area contributed by atoms with Crippen molar-refractivity contribution in [2.45, 2.75) is 87.4 Å². The van der Waals surface area contributed by atoms with Crippen molar-refractivity contribution < 1.29 is 38.1 Å². The van der Waals surface area contributed by atoms with Crippen LogP contribution in [0.25, 0.3) is 11.3 Å². The normalized spacial score (nSPS) is 22.2. The molecule has 5 heterocycles. The van der Waals surface area contributed by atoms with Crippen LogP contribution in [-0.2, 0) is 35.3 Å². The minimum absolute atomic E-state index is 0.0871. The topological polar surface area (TPSA) is 126 Å². The van der Waals surface area contributed by atoms with Gasteiger partial charge in [0.15, 0.2) is 0 Å². The van der Waals surface area contributed by atoms with Gasteiger partial charge in [-0.25, -0.2) is 0 Å². The molecule has 4 aliphatic heterocycles. The largest absolute Gasteiger partial charge is 0.417 e. The summed E-state index contributed by atoms with van der Waals surface area (Å²) in [5.41, 5.74) is 1.75. The third-order valence-corrected chi connectivity index (χ3v) is 11.3. The van der Waals surface area contributed by atoms with Crippen LogP contribution < -0.4 is 0 Å². The molecule has 270 valence electrons. The second-order valence-corrected chi connectivity index (χ2v) is 14.8. The Kier molecular flexibility index (Phi) is 11.6. The predicted octanol–water partition coefficient (Wildman–Crippen LogP) is 2.44. The molecule has 1 aromatic carbocycles. The second kappa shape index (κ2) is 15.7. The number of thioether (sulfide) groups is 1. The summed E-state index contributed by atoms with van der Waals surface area (Å²) in [5.74, 6) is 0.214. The number of carbonyl (C=O) groups is 2. The van der Waals surface area contributed by atoms with Gasteiger partial charge in [-0.2, -0.15) is 18.3 Å². The minimum Gasteiger partial charge on any atom is -0.392 e. The number of β-amino-alcohol motifs (C(OH)–C–C–N with tert-alkyl or cyclic N) is 2. The van der Waals surface area contributed by atoms with Gasteiger partial charge in [0.1, 0.15) is 6.61 Å².